The number of rotatable bonds is 7. The first-order chi connectivity index (χ1) is 8.38. The van der Waals surface area contributed by atoms with Crippen molar-refractivity contribution in [1.82, 2.24) is 10.2 Å². The molecule has 1 unspecified atom stereocenters. The van der Waals surface area contributed by atoms with Gasteiger partial charge in [0.2, 0.25) is 0 Å². The third-order valence-electron chi connectivity index (χ3n) is 3.48. The lowest BCUT2D eigenvalue weighted by Gasteiger charge is -2.25. The summed E-state index contributed by atoms with van der Waals surface area (Å²) in [6.07, 6.45) is 5.18. The van der Waals surface area contributed by atoms with Crippen molar-refractivity contribution >= 4 is 11.3 Å². The van der Waals surface area contributed by atoms with E-state index >= 15 is 0 Å². The maximum absolute atomic E-state index is 3.60. The highest BCUT2D eigenvalue weighted by atomic mass is 32.1. The molecular formula is C14H24N2S. The van der Waals surface area contributed by atoms with E-state index in [0.29, 0.717) is 0 Å². The van der Waals surface area contributed by atoms with Crippen molar-refractivity contribution in [3.63, 3.8) is 0 Å². The van der Waals surface area contributed by atoms with Crippen LogP contribution in [0.1, 0.15) is 31.7 Å². The molecular weight excluding hydrogens is 228 g/mol. The molecule has 2 nitrogen and oxygen atoms in total. The Hall–Kier alpha value is -0.380. The van der Waals surface area contributed by atoms with Crippen LogP contribution < -0.4 is 5.32 Å². The normalized spacial score (nSPS) is 20.2. The molecule has 96 valence electrons. The van der Waals surface area contributed by atoms with Crippen LogP contribution in [-0.2, 0) is 6.42 Å². The van der Waals surface area contributed by atoms with E-state index in [1.807, 2.05) is 0 Å². The summed E-state index contributed by atoms with van der Waals surface area (Å²) in [6.45, 7) is 7.18. The minimum Gasteiger partial charge on any atom is -0.313 e. The predicted octanol–water partition coefficient (Wildman–Crippen LogP) is 2.75. The minimum atomic E-state index is 0.740. The summed E-state index contributed by atoms with van der Waals surface area (Å²) in [5.74, 6) is 0. The third kappa shape index (κ3) is 4.41. The molecule has 17 heavy (non-hydrogen) atoms. The third-order valence-corrected chi connectivity index (χ3v) is 4.21. The summed E-state index contributed by atoms with van der Waals surface area (Å²) < 4.78 is 0. The van der Waals surface area contributed by atoms with Crippen LogP contribution >= 0.6 is 11.3 Å². The first kappa shape index (κ1) is 13.1. The average molecular weight is 252 g/mol. The Bertz CT molecular complexity index is 291. The van der Waals surface area contributed by atoms with E-state index in [2.05, 4.69) is 34.0 Å². The molecule has 0 bridgehead atoms. The first-order valence-corrected chi connectivity index (χ1v) is 7.79. The van der Waals surface area contributed by atoms with Gasteiger partial charge in [-0.05, 0) is 61.2 Å². The first-order valence-electron chi connectivity index (χ1n) is 6.85. The van der Waals surface area contributed by atoms with Crippen LogP contribution in [0.4, 0.5) is 0 Å². The van der Waals surface area contributed by atoms with E-state index in [-0.39, 0.29) is 0 Å². The van der Waals surface area contributed by atoms with Gasteiger partial charge in [-0.3, -0.25) is 0 Å². The van der Waals surface area contributed by atoms with Crippen molar-refractivity contribution in [2.75, 3.05) is 26.2 Å². The van der Waals surface area contributed by atoms with Gasteiger partial charge in [0.15, 0.2) is 0 Å². The maximum atomic E-state index is 3.60. The van der Waals surface area contributed by atoms with E-state index in [0.717, 1.165) is 6.04 Å². The Morgan fingerprint density at radius 3 is 3.06 bits per heavy atom. The molecule has 0 aliphatic carbocycles. The van der Waals surface area contributed by atoms with E-state index in [9.17, 15) is 0 Å². The highest BCUT2D eigenvalue weighted by molar-refractivity contribution is 7.07. The predicted molar refractivity (Wildman–Crippen MR) is 75.8 cm³/mol. The lowest BCUT2D eigenvalue weighted by atomic mass is 10.2. The van der Waals surface area contributed by atoms with Crippen LogP contribution in [0.25, 0.3) is 0 Å². The second-order valence-electron chi connectivity index (χ2n) is 4.98. The monoisotopic (exact) mass is 252 g/mol. The number of hydrogen-bond acceptors (Lipinski definition) is 3. The molecule has 1 saturated heterocycles. The minimum absolute atomic E-state index is 0.740. The van der Waals surface area contributed by atoms with Gasteiger partial charge in [-0.15, -0.1) is 0 Å². The number of nitrogens with one attached hydrogen (secondary N) is 1. The van der Waals surface area contributed by atoms with Crippen molar-refractivity contribution in [3.8, 4) is 0 Å². The summed E-state index contributed by atoms with van der Waals surface area (Å²) in [7, 11) is 0. The van der Waals surface area contributed by atoms with Crippen LogP contribution in [0.3, 0.4) is 0 Å². The molecule has 1 aromatic heterocycles. The summed E-state index contributed by atoms with van der Waals surface area (Å²) >= 11 is 1.81. The molecule has 1 aliphatic rings. The Kier molecular flexibility index (Phi) is 5.49. The van der Waals surface area contributed by atoms with Crippen molar-refractivity contribution in [3.05, 3.63) is 22.4 Å². The van der Waals surface area contributed by atoms with Crippen LogP contribution in [0.5, 0.6) is 0 Å². The molecule has 2 rings (SSSR count). The molecule has 1 aromatic rings. The van der Waals surface area contributed by atoms with Gasteiger partial charge in [0.1, 0.15) is 0 Å². The molecule has 0 saturated carbocycles. The van der Waals surface area contributed by atoms with Gasteiger partial charge < -0.3 is 10.2 Å². The lowest BCUT2D eigenvalue weighted by Crippen LogP contribution is -2.39. The summed E-state index contributed by atoms with van der Waals surface area (Å²) in [6, 6.07) is 2.99. The molecule has 0 amide bonds. The molecule has 1 aliphatic heterocycles. The zero-order valence-electron chi connectivity index (χ0n) is 10.8. The molecule has 3 heteroatoms. The molecule has 0 radical (unpaired) electrons. The maximum Gasteiger partial charge on any atom is 0.0195 e. The fraction of sp³-hybridized carbons (Fsp3) is 0.714. The molecule has 0 spiro atoms. The van der Waals surface area contributed by atoms with E-state index < -0.39 is 0 Å². The van der Waals surface area contributed by atoms with Crippen LogP contribution in [-0.4, -0.2) is 37.1 Å². The van der Waals surface area contributed by atoms with Crippen LogP contribution in [0.15, 0.2) is 16.8 Å². The van der Waals surface area contributed by atoms with Gasteiger partial charge in [0, 0.05) is 19.1 Å². The fourth-order valence-corrected chi connectivity index (χ4v) is 3.26. The second kappa shape index (κ2) is 7.14. The number of thiophene rings is 1. The Morgan fingerprint density at radius 2 is 2.41 bits per heavy atom. The van der Waals surface area contributed by atoms with Gasteiger partial charge in [0.25, 0.3) is 0 Å². The van der Waals surface area contributed by atoms with Crippen molar-refractivity contribution < 1.29 is 0 Å². The zero-order chi connectivity index (χ0) is 11.9. The highest BCUT2D eigenvalue weighted by Crippen LogP contribution is 2.10. The topological polar surface area (TPSA) is 15.3 Å². The quantitative estimate of drug-likeness (QED) is 0.803. The second-order valence-corrected chi connectivity index (χ2v) is 5.76. The van der Waals surface area contributed by atoms with Gasteiger partial charge in [0.05, 0.1) is 0 Å². The Balaban J connectivity index is 1.75. The number of hydrogen-bond donors (Lipinski definition) is 1. The summed E-state index contributed by atoms with van der Waals surface area (Å²) in [5.41, 5.74) is 1.50. The molecule has 1 N–H and O–H groups in total. The van der Waals surface area contributed by atoms with Gasteiger partial charge in [-0.1, -0.05) is 6.92 Å². The molecule has 1 fully saturated rings. The van der Waals surface area contributed by atoms with E-state index in [1.54, 1.807) is 11.3 Å². The van der Waals surface area contributed by atoms with E-state index in [4.69, 9.17) is 0 Å². The number of nitrogens with zero attached hydrogens (tertiary/aromatic N) is 1. The van der Waals surface area contributed by atoms with Gasteiger partial charge in [-0.25, -0.2) is 0 Å². The smallest absolute Gasteiger partial charge is 0.0195 e. The standard InChI is InChI=1S/C14H24N2S/c1-2-8-16(11-14-4-3-7-15-14)9-5-13-6-10-17-12-13/h6,10,12,14-15H,2-5,7-9,11H2,1H3. The van der Waals surface area contributed by atoms with E-state index in [1.165, 1.54) is 57.4 Å². The SMILES string of the molecule is CCCN(CCc1ccsc1)CC1CCCN1. The summed E-state index contributed by atoms with van der Waals surface area (Å²) in [4.78, 5) is 2.63. The fourth-order valence-electron chi connectivity index (χ4n) is 2.56. The van der Waals surface area contributed by atoms with Crippen molar-refractivity contribution in [2.45, 2.75) is 38.6 Å². The van der Waals surface area contributed by atoms with Crippen LogP contribution in [0, 0.1) is 0 Å². The molecule has 2 heterocycles. The summed E-state index contributed by atoms with van der Waals surface area (Å²) in [5, 5.41) is 8.05. The van der Waals surface area contributed by atoms with Crippen molar-refractivity contribution in [1.29, 1.82) is 0 Å². The van der Waals surface area contributed by atoms with Gasteiger partial charge in [-0.2, -0.15) is 11.3 Å². The highest BCUT2D eigenvalue weighted by Gasteiger charge is 2.17. The Labute approximate surface area is 109 Å². The largest absolute Gasteiger partial charge is 0.313 e. The lowest BCUT2D eigenvalue weighted by molar-refractivity contribution is 0.252. The van der Waals surface area contributed by atoms with Crippen LogP contribution in [0.2, 0.25) is 0 Å². The van der Waals surface area contributed by atoms with Crippen molar-refractivity contribution in [2.24, 2.45) is 0 Å². The molecule has 1 atom stereocenters. The van der Waals surface area contributed by atoms with Gasteiger partial charge >= 0.3 is 0 Å². The zero-order valence-corrected chi connectivity index (χ0v) is 11.6. The molecule has 0 aromatic carbocycles. The average Bonchev–Trinajstić information content (AvgIpc) is 2.99. The Morgan fingerprint density at radius 1 is 1.47 bits per heavy atom.